The van der Waals surface area contributed by atoms with E-state index in [1.54, 1.807) is 0 Å². The molecule has 0 fully saturated rings. The third kappa shape index (κ3) is 4.81. The van der Waals surface area contributed by atoms with E-state index in [9.17, 15) is 0 Å². The SMILES string of the molecule is [2H]c1c([2H])c([2H])c2c(-c3ccc(N(c4ccc(-c5cccc6ccccc56)cc4)c4ccc5ccc6ccccc6c5c4)cc3)c([2H])c([2H])c([2H])c2c1[2H]. The van der Waals surface area contributed by atoms with Gasteiger partial charge in [0, 0.05) is 17.1 Å². The molecule has 0 N–H and O–H groups in total. The third-order valence-electron chi connectivity index (χ3n) is 8.94. The molecule has 0 saturated heterocycles. The molecule has 0 radical (unpaired) electrons. The molecule has 9 aromatic carbocycles. The van der Waals surface area contributed by atoms with Gasteiger partial charge in [-0.3, -0.25) is 0 Å². The van der Waals surface area contributed by atoms with Crippen LogP contribution in [0.1, 0.15) is 9.60 Å². The average Bonchev–Trinajstić information content (AvgIpc) is 3.21. The third-order valence-corrected chi connectivity index (χ3v) is 8.94. The molecule has 0 aromatic heterocycles. The molecule has 0 unspecified atom stereocenters. The number of hydrogen-bond acceptors (Lipinski definition) is 1. The van der Waals surface area contributed by atoms with Crippen molar-refractivity contribution in [1.29, 1.82) is 0 Å². The minimum atomic E-state index is -0.468. The molecular weight excluding hydrogens is 567 g/mol. The summed E-state index contributed by atoms with van der Waals surface area (Å²) >= 11 is 0. The fraction of sp³-hybridized carbons (Fsp3) is 0. The summed E-state index contributed by atoms with van der Waals surface area (Å²) in [5.41, 5.74) is 5.67. The molecule has 0 aliphatic heterocycles. The number of rotatable bonds is 5. The van der Waals surface area contributed by atoms with Gasteiger partial charge < -0.3 is 4.90 Å². The lowest BCUT2D eigenvalue weighted by atomic mass is 9.97. The molecule has 0 heterocycles. The second kappa shape index (κ2) is 11.3. The summed E-state index contributed by atoms with van der Waals surface area (Å²) in [5.74, 6) is 0. The van der Waals surface area contributed by atoms with Crippen molar-refractivity contribution in [2.24, 2.45) is 0 Å². The molecule has 47 heavy (non-hydrogen) atoms. The van der Waals surface area contributed by atoms with Crippen molar-refractivity contribution < 1.29 is 9.60 Å². The standard InChI is InChI=1S/C46H31N/c1-4-14-41-32(9-1)12-7-17-43(41)35-21-26-38(27-22-35)47(40-30-25-37-20-19-34-11-3-6-16-45(34)46(37)31-40)39-28-23-36(24-29-39)44-18-8-13-33-10-2-5-15-42(33)44/h1-31H/i1D,4D,7D,9D,12D,14D,17D. The maximum atomic E-state index is 8.87. The minimum absolute atomic E-state index is 0.0580. The smallest absolute Gasteiger partial charge is 0.0629 e. The van der Waals surface area contributed by atoms with Crippen molar-refractivity contribution in [3.63, 3.8) is 0 Å². The van der Waals surface area contributed by atoms with Crippen LogP contribution in [0.2, 0.25) is 0 Å². The quantitative estimate of drug-likeness (QED) is 0.177. The highest BCUT2D eigenvalue weighted by Gasteiger charge is 2.15. The summed E-state index contributed by atoms with van der Waals surface area (Å²) in [4.78, 5) is 2.17. The maximum absolute atomic E-state index is 8.87. The monoisotopic (exact) mass is 604 g/mol. The van der Waals surface area contributed by atoms with Crippen LogP contribution in [0.5, 0.6) is 0 Å². The van der Waals surface area contributed by atoms with Gasteiger partial charge >= 0.3 is 0 Å². The average molecular weight is 605 g/mol. The molecule has 0 amide bonds. The number of hydrogen-bond donors (Lipinski definition) is 0. The molecule has 1 heteroatoms. The van der Waals surface area contributed by atoms with Gasteiger partial charge in [0.05, 0.1) is 9.60 Å². The van der Waals surface area contributed by atoms with E-state index >= 15 is 0 Å². The van der Waals surface area contributed by atoms with Crippen molar-refractivity contribution in [2.45, 2.75) is 0 Å². The Hall–Kier alpha value is -6.18. The fourth-order valence-corrected chi connectivity index (χ4v) is 6.65. The van der Waals surface area contributed by atoms with Crippen LogP contribution in [0.3, 0.4) is 0 Å². The minimum Gasteiger partial charge on any atom is -0.310 e. The van der Waals surface area contributed by atoms with Crippen molar-refractivity contribution >= 4 is 60.2 Å². The van der Waals surface area contributed by atoms with Crippen LogP contribution >= 0.6 is 0 Å². The van der Waals surface area contributed by atoms with Gasteiger partial charge in [0.15, 0.2) is 0 Å². The normalized spacial score (nSPS) is 13.5. The first-order valence-electron chi connectivity index (χ1n) is 19.1. The van der Waals surface area contributed by atoms with Crippen LogP contribution in [0.15, 0.2) is 188 Å². The molecule has 0 bridgehead atoms. The summed E-state index contributed by atoms with van der Waals surface area (Å²) in [6.07, 6.45) is 0. The van der Waals surface area contributed by atoms with Crippen molar-refractivity contribution in [1.82, 2.24) is 0 Å². The second-order valence-electron chi connectivity index (χ2n) is 11.6. The number of fused-ring (bicyclic) bond motifs is 5. The van der Waals surface area contributed by atoms with Gasteiger partial charge in [0.1, 0.15) is 0 Å². The van der Waals surface area contributed by atoms with Crippen LogP contribution in [-0.2, 0) is 0 Å². The highest BCUT2D eigenvalue weighted by Crippen LogP contribution is 2.40. The van der Waals surface area contributed by atoms with Gasteiger partial charge in [-0.1, -0.05) is 151 Å². The van der Waals surface area contributed by atoms with E-state index < -0.39 is 12.1 Å². The molecule has 0 saturated carbocycles. The molecule has 9 rings (SSSR count). The molecule has 9 aromatic rings. The Morgan fingerprint density at radius 3 is 1.66 bits per heavy atom. The highest BCUT2D eigenvalue weighted by molar-refractivity contribution is 6.09. The van der Waals surface area contributed by atoms with Crippen LogP contribution in [-0.4, -0.2) is 0 Å². The fourth-order valence-electron chi connectivity index (χ4n) is 6.65. The van der Waals surface area contributed by atoms with E-state index in [1.165, 1.54) is 10.8 Å². The number of nitrogens with zero attached hydrogens (tertiary/aromatic N) is 1. The Morgan fingerprint density at radius 1 is 0.340 bits per heavy atom. The largest absolute Gasteiger partial charge is 0.310 e. The molecule has 0 spiro atoms. The maximum Gasteiger partial charge on any atom is 0.0629 e. The Labute approximate surface area is 284 Å². The van der Waals surface area contributed by atoms with E-state index in [2.05, 4.69) is 114 Å². The number of benzene rings is 9. The van der Waals surface area contributed by atoms with E-state index in [1.807, 2.05) is 36.4 Å². The van der Waals surface area contributed by atoms with Gasteiger partial charge in [-0.2, -0.15) is 0 Å². The molecule has 220 valence electrons. The van der Waals surface area contributed by atoms with Crippen molar-refractivity contribution in [3.05, 3.63) is 188 Å². The molecule has 0 aliphatic carbocycles. The first kappa shape index (κ1) is 20.8. The Morgan fingerprint density at radius 2 is 0.894 bits per heavy atom. The topological polar surface area (TPSA) is 3.24 Å². The van der Waals surface area contributed by atoms with E-state index in [4.69, 9.17) is 9.60 Å². The van der Waals surface area contributed by atoms with Crippen LogP contribution in [0.25, 0.3) is 65.3 Å². The predicted molar refractivity (Wildman–Crippen MR) is 202 cm³/mol. The lowest BCUT2D eigenvalue weighted by Crippen LogP contribution is -2.10. The Bertz CT molecular complexity index is 2940. The van der Waals surface area contributed by atoms with E-state index in [0.717, 1.165) is 49.7 Å². The summed E-state index contributed by atoms with van der Waals surface area (Å²) < 4.78 is 59.8. The second-order valence-corrected chi connectivity index (χ2v) is 11.6. The van der Waals surface area contributed by atoms with E-state index in [0.29, 0.717) is 5.56 Å². The van der Waals surface area contributed by atoms with Gasteiger partial charge in [-0.25, -0.2) is 0 Å². The molecule has 1 nitrogen and oxygen atoms in total. The van der Waals surface area contributed by atoms with Crippen LogP contribution in [0.4, 0.5) is 17.1 Å². The zero-order valence-electron chi connectivity index (χ0n) is 32.3. The summed E-state index contributed by atoms with van der Waals surface area (Å²) in [7, 11) is 0. The van der Waals surface area contributed by atoms with E-state index in [-0.39, 0.29) is 46.5 Å². The zero-order valence-corrected chi connectivity index (χ0v) is 25.3. The summed E-state index contributed by atoms with van der Waals surface area (Å²) in [6, 6.07) is 47.1. The molecular formula is C46H31N. The van der Waals surface area contributed by atoms with Gasteiger partial charge in [0.25, 0.3) is 0 Å². The highest BCUT2D eigenvalue weighted by atomic mass is 15.1. The lowest BCUT2D eigenvalue weighted by molar-refractivity contribution is 1.29. The van der Waals surface area contributed by atoms with Crippen molar-refractivity contribution in [3.8, 4) is 22.3 Å². The van der Waals surface area contributed by atoms with Gasteiger partial charge in [-0.05, 0) is 102 Å². The first-order chi connectivity index (χ1) is 26.2. The Balaban J connectivity index is 1.22. The van der Waals surface area contributed by atoms with Crippen molar-refractivity contribution in [2.75, 3.05) is 4.90 Å². The lowest BCUT2D eigenvalue weighted by Gasteiger charge is -2.26. The Kier molecular flexibility index (Phi) is 5.00. The predicted octanol–water partition coefficient (Wildman–Crippen LogP) is 13.1. The van der Waals surface area contributed by atoms with Crippen LogP contribution in [0, 0.1) is 0 Å². The first-order valence-corrected chi connectivity index (χ1v) is 15.6. The van der Waals surface area contributed by atoms with Crippen LogP contribution < -0.4 is 4.90 Å². The zero-order chi connectivity index (χ0) is 37.2. The molecule has 0 aliphatic rings. The summed E-state index contributed by atoms with van der Waals surface area (Å²) in [6.45, 7) is 0. The molecule has 0 atom stereocenters. The summed E-state index contributed by atoms with van der Waals surface area (Å²) in [5, 5.41) is 6.93. The van der Waals surface area contributed by atoms with Gasteiger partial charge in [0.2, 0.25) is 0 Å². The number of anilines is 3. The van der Waals surface area contributed by atoms with Gasteiger partial charge in [-0.15, -0.1) is 0 Å².